The van der Waals surface area contributed by atoms with Crippen molar-refractivity contribution >= 4 is 47.5 Å². The number of amides is 2. The Morgan fingerprint density at radius 2 is 1.52 bits per heavy atom. The molecule has 0 aliphatic carbocycles. The van der Waals surface area contributed by atoms with Crippen LogP contribution in [0.5, 0.6) is 5.75 Å². The van der Waals surface area contributed by atoms with Gasteiger partial charge >= 0.3 is 12.2 Å². The van der Waals surface area contributed by atoms with Crippen molar-refractivity contribution in [2.24, 2.45) is 10.9 Å². The van der Waals surface area contributed by atoms with E-state index in [0.29, 0.717) is 34.6 Å². The summed E-state index contributed by atoms with van der Waals surface area (Å²) in [6.07, 6.45) is -2.83. The number of benzene rings is 3. The quantitative estimate of drug-likeness (QED) is 0.268. The molecule has 48 heavy (non-hydrogen) atoms. The molecule has 6 rings (SSSR count). The summed E-state index contributed by atoms with van der Waals surface area (Å²) in [5.41, 5.74) is 1.08. The number of amidine groups is 1. The fourth-order valence-electron chi connectivity index (χ4n) is 6.73. The van der Waals surface area contributed by atoms with Crippen molar-refractivity contribution in [2.45, 2.75) is 38.0 Å². The summed E-state index contributed by atoms with van der Waals surface area (Å²) in [7, 11) is 0. The molecule has 258 valence electrons. The van der Waals surface area contributed by atoms with E-state index in [1.807, 2.05) is 29.2 Å². The van der Waals surface area contributed by atoms with Gasteiger partial charge in [-0.1, -0.05) is 47.5 Å². The molecule has 3 aliphatic rings. The van der Waals surface area contributed by atoms with Gasteiger partial charge in [0, 0.05) is 55.9 Å². The highest BCUT2D eigenvalue weighted by molar-refractivity contribution is 6.30. The maximum absolute atomic E-state index is 14.7. The van der Waals surface area contributed by atoms with E-state index in [0.717, 1.165) is 68.8 Å². The monoisotopic (exact) mass is 723 g/mol. The fourth-order valence-corrected chi connectivity index (χ4v) is 6.98. The van der Waals surface area contributed by atoms with Crippen LogP contribution in [0.25, 0.3) is 0 Å². The number of carbonyl (C=O) groups is 1. The lowest BCUT2D eigenvalue weighted by Gasteiger charge is -2.39. The van der Waals surface area contributed by atoms with Gasteiger partial charge in [0.15, 0.2) is 0 Å². The molecule has 0 spiro atoms. The summed E-state index contributed by atoms with van der Waals surface area (Å²) in [5.74, 6) is 0.757. The zero-order chi connectivity index (χ0) is 33.1. The van der Waals surface area contributed by atoms with Gasteiger partial charge in [0.2, 0.25) is 0 Å². The number of hydrogen-bond acceptors (Lipinski definition) is 5. The molecule has 3 aliphatic heterocycles. The third-order valence-corrected chi connectivity index (χ3v) is 9.66. The molecule has 7 nitrogen and oxygen atoms in total. The number of nitrogens with zero attached hydrogens (tertiary/aromatic N) is 4. The predicted octanol–water partition coefficient (Wildman–Crippen LogP) is 8.11. The number of rotatable bonds is 7. The Morgan fingerprint density at radius 3 is 2.10 bits per heavy atom. The third kappa shape index (κ3) is 8.05. The lowest BCUT2D eigenvalue weighted by atomic mass is 9.93. The SMILES string of the molecule is CCOc1cc(C(F)(F)F)ccc1C1=NC(c2ccc(Cl)cc2)C(c2ccc(Cl)cc2)N1C(=O)N1CCC(CN2CCNCC2)CC1.Cl. The van der Waals surface area contributed by atoms with E-state index in [1.165, 1.54) is 6.07 Å². The Hall–Kier alpha value is -3.02. The van der Waals surface area contributed by atoms with Crippen molar-refractivity contribution in [3.63, 3.8) is 0 Å². The Morgan fingerprint density at radius 1 is 0.917 bits per heavy atom. The van der Waals surface area contributed by atoms with Crippen LogP contribution in [0, 0.1) is 5.92 Å². The Labute approximate surface area is 295 Å². The van der Waals surface area contributed by atoms with Crippen LogP contribution in [-0.2, 0) is 6.18 Å². The fraction of sp³-hybridized carbons (Fsp3) is 0.429. The van der Waals surface area contributed by atoms with Crippen LogP contribution in [0.3, 0.4) is 0 Å². The third-order valence-electron chi connectivity index (χ3n) is 9.16. The van der Waals surface area contributed by atoms with Crippen LogP contribution in [-0.4, -0.2) is 79.0 Å². The molecule has 2 unspecified atom stereocenters. The van der Waals surface area contributed by atoms with E-state index in [2.05, 4.69) is 10.2 Å². The standard InChI is InChI=1S/C35H38Cl2F3N5O2.ClH/c1-2-47-30-21-26(35(38,39)40)7-12-29(30)33-42-31(24-3-8-27(36)9-4-24)32(25-5-10-28(37)11-6-25)45(33)34(46)44-17-13-23(14-18-44)22-43-19-15-41-16-20-43;/h3-12,21,23,31-32,41H,2,13-20,22H2,1H3;1H. The molecule has 13 heteroatoms. The van der Waals surface area contributed by atoms with Crippen LogP contribution in [0.2, 0.25) is 10.0 Å². The summed E-state index contributed by atoms with van der Waals surface area (Å²) in [5, 5.41) is 4.49. The first-order chi connectivity index (χ1) is 22.6. The Bertz CT molecular complexity index is 1580. The van der Waals surface area contributed by atoms with E-state index < -0.39 is 23.8 Å². The average molecular weight is 725 g/mol. The number of nitrogens with one attached hydrogen (secondary N) is 1. The number of urea groups is 1. The zero-order valence-corrected chi connectivity index (χ0v) is 28.9. The van der Waals surface area contributed by atoms with Crippen LogP contribution in [0.4, 0.5) is 18.0 Å². The molecule has 0 saturated carbocycles. The highest BCUT2D eigenvalue weighted by Crippen LogP contribution is 2.46. The second-order valence-electron chi connectivity index (χ2n) is 12.2. The summed E-state index contributed by atoms with van der Waals surface area (Å²) < 4.78 is 47.2. The molecular formula is C35H39Cl3F3N5O2. The summed E-state index contributed by atoms with van der Waals surface area (Å²) >= 11 is 12.5. The van der Waals surface area contributed by atoms with E-state index in [1.54, 1.807) is 36.1 Å². The van der Waals surface area contributed by atoms with E-state index in [-0.39, 0.29) is 36.6 Å². The Kier molecular flexibility index (Phi) is 11.8. The van der Waals surface area contributed by atoms with Gasteiger partial charge in [-0.15, -0.1) is 12.4 Å². The van der Waals surface area contributed by atoms with Gasteiger partial charge in [-0.2, -0.15) is 13.2 Å². The first-order valence-electron chi connectivity index (χ1n) is 16.1. The van der Waals surface area contributed by atoms with Crippen molar-refractivity contribution in [1.82, 2.24) is 20.0 Å². The average Bonchev–Trinajstić information content (AvgIpc) is 3.46. The van der Waals surface area contributed by atoms with Gasteiger partial charge in [-0.25, -0.2) is 4.79 Å². The molecule has 2 amide bonds. The lowest BCUT2D eigenvalue weighted by molar-refractivity contribution is -0.137. The summed E-state index contributed by atoms with van der Waals surface area (Å²) in [6, 6.07) is 16.4. The maximum atomic E-state index is 14.7. The molecule has 0 aromatic heterocycles. The molecule has 0 bridgehead atoms. The Balaban J connectivity index is 0.00000451. The minimum absolute atomic E-state index is 0. The molecule has 3 aromatic rings. The number of aliphatic imine (C=N–C) groups is 1. The normalized spacial score (nSPS) is 20.8. The van der Waals surface area contributed by atoms with Crippen molar-refractivity contribution in [2.75, 3.05) is 52.4 Å². The highest BCUT2D eigenvalue weighted by Gasteiger charge is 2.45. The molecule has 3 aromatic carbocycles. The van der Waals surface area contributed by atoms with E-state index in [4.69, 9.17) is 32.9 Å². The van der Waals surface area contributed by atoms with Gasteiger partial charge in [0.1, 0.15) is 17.6 Å². The van der Waals surface area contributed by atoms with Gasteiger partial charge in [-0.05, 0) is 79.3 Å². The van der Waals surface area contributed by atoms with Crippen molar-refractivity contribution in [3.8, 4) is 5.75 Å². The van der Waals surface area contributed by atoms with E-state index >= 15 is 0 Å². The summed E-state index contributed by atoms with van der Waals surface area (Å²) in [6.45, 7) is 8.03. The summed E-state index contributed by atoms with van der Waals surface area (Å²) in [4.78, 5) is 25.8. The predicted molar refractivity (Wildman–Crippen MR) is 186 cm³/mol. The van der Waals surface area contributed by atoms with Gasteiger partial charge in [0.05, 0.1) is 23.8 Å². The number of alkyl halides is 3. The number of piperazine rings is 1. The second-order valence-corrected chi connectivity index (χ2v) is 13.1. The minimum atomic E-state index is -4.57. The molecule has 3 heterocycles. The minimum Gasteiger partial charge on any atom is -0.493 e. The number of likely N-dealkylation sites (tertiary alicyclic amines) is 1. The largest absolute Gasteiger partial charge is 0.493 e. The van der Waals surface area contributed by atoms with Gasteiger partial charge < -0.3 is 19.9 Å². The molecule has 2 saturated heterocycles. The van der Waals surface area contributed by atoms with Crippen molar-refractivity contribution in [3.05, 3.63) is 99.0 Å². The number of hydrogen-bond donors (Lipinski definition) is 1. The highest BCUT2D eigenvalue weighted by atomic mass is 35.5. The zero-order valence-electron chi connectivity index (χ0n) is 26.6. The maximum Gasteiger partial charge on any atom is 0.416 e. The lowest BCUT2D eigenvalue weighted by Crippen LogP contribution is -2.51. The molecule has 0 radical (unpaired) electrons. The number of carbonyl (C=O) groups excluding carboxylic acids is 1. The van der Waals surface area contributed by atoms with Crippen LogP contribution in [0.15, 0.2) is 71.7 Å². The second kappa shape index (κ2) is 15.7. The topological polar surface area (TPSA) is 60.4 Å². The molecular weight excluding hydrogens is 686 g/mol. The number of ether oxygens (including phenoxy) is 1. The molecule has 2 atom stereocenters. The van der Waals surface area contributed by atoms with Crippen molar-refractivity contribution < 1.29 is 22.7 Å². The van der Waals surface area contributed by atoms with Crippen LogP contribution < -0.4 is 10.1 Å². The van der Waals surface area contributed by atoms with Crippen molar-refractivity contribution in [1.29, 1.82) is 0 Å². The molecule has 2 fully saturated rings. The molecule has 1 N–H and O–H groups in total. The number of halogens is 6. The van der Waals surface area contributed by atoms with Crippen LogP contribution >= 0.6 is 35.6 Å². The first-order valence-corrected chi connectivity index (χ1v) is 16.8. The smallest absolute Gasteiger partial charge is 0.416 e. The first kappa shape index (κ1) is 36.3. The van der Waals surface area contributed by atoms with Gasteiger partial charge in [-0.3, -0.25) is 9.89 Å². The van der Waals surface area contributed by atoms with Gasteiger partial charge in [0.25, 0.3) is 0 Å². The van der Waals surface area contributed by atoms with E-state index in [9.17, 15) is 18.0 Å². The van der Waals surface area contributed by atoms with Crippen LogP contribution in [0.1, 0.15) is 54.1 Å². The number of piperidine rings is 1.